The van der Waals surface area contributed by atoms with Gasteiger partial charge in [0.1, 0.15) is 5.75 Å². The molecule has 0 amide bonds. The van der Waals surface area contributed by atoms with Crippen LogP contribution in [0.25, 0.3) is 10.1 Å². The van der Waals surface area contributed by atoms with Gasteiger partial charge in [-0.25, -0.2) is 8.78 Å². The quantitative estimate of drug-likeness (QED) is 0.716. The fraction of sp³-hybridized carbons (Fsp3) is 0.111. The monoisotopic (exact) mass is 232 g/mol. The van der Waals surface area contributed by atoms with Gasteiger partial charge in [-0.1, -0.05) is 0 Å². The van der Waals surface area contributed by atoms with Crippen molar-refractivity contribution in [2.45, 2.75) is 11.3 Å². The van der Waals surface area contributed by atoms with E-state index in [1.165, 1.54) is 17.4 Å². The van der Waals surface area contributed by atoms with Crippen LogP contribution in [-0.2, 0) is 0 Å². The van der Waals surface area contributed by atoms with Gasteiger partial charge in [0.15, 0.2) is 0 Å². The normalized spacial score (nSPS) is 11.4. The standard InChI is InChI=1S/C9H6F2OS2/c10-9(11)5-3-6(13)7(12)4-1-2-14-8(4)5/h1-3,9,12-13H. The third-order valence-electron chi connectivity index (χ3n) is 1.95. The van der Waals surface area contributed by atoms with Crippen molar-refractivity contribution < 1.29 is 13.9 Å². The minimum Gasteiger partial charge on any atom is -0.506 e. The van der Waals surface area contributed by atoms with Crippen molar-refractivity contribution in [3.63, 3.8) is 0 Å². The molecule has 1 aromatic carbocycles. The van der Waals surface area contributed by atoms with Crippen molar-refractivity contribution in [1.29, 1.82) is 0 Å². The minimum atomic E-state index is -2.54. The van der Waals surface area contributed by atoms with Crippen LogP contribution < -0.4 is 0 Å². The molecule has 0 radical (unpaired) electrons. The van der Waals surface area contributed by atoms with Crippen molar-refractivity contribution in [3.05, 3.63) is 23.1 Å². The van der Waals surface area contributed by atoms with Gasteiger partial charge in [-0.05, 0) is 17.5 Å². The highest BCUT2D eigenvalue weighted by Gasteiger charge is 2.16. The summed E-state index contributed by atoms with van der Waals surface area (Å²) in [5.74, 6) is -0.0333. The number of phenols is 1. The summed E-state index contributed by atoms with van der Waals surface area (Å²) in [6, 6.07) is 2.82. The number of benzene rings is 1. The number of thiol groups is 1. The van der Waals surface area contributed by atoms with Crippen molar-refractivity contribution in [2.24, 2.45) is 0 Å². The molecule has 0 saturated heterocycles. The summed E-state index contributed by atoms with van der Waals surface area (Å²) in [5, 5.41) is 11.7. The summed E-state index contributed by atoms with van der Waals surface area (Å²) in [6.07, 6.45) is -2.54. The Hall–Kier alpha value is -0.810. The molecule has 1 aromatic heterocycles. The first kappa shape index (κ1) is 9.73. The lowest BCUT2D eigenvalue weighted by molar-refractivity contribution is 0.153. The first-order chi connectivity index (χ1) is 6.61. The minimum absolute atomic E-state index is 0.0333. The van der Waals surface area contributed by atoms with E-state index in [9.17, 15) is 13.9 Å². The van der Waals surface area contributed by atoms with Crippen molar-refractivity contribution in [1.82, 2.24) is 0 Å². The van der Waals surface area contributed by atoms with E-state index in [2.05, 4.69) is 12.6 Å². The summed E-state index contributed by atoms with van der Waals surface area (Å²) >= 11 is 5.13. The molecule has 0 fully saturated rings. The Morgan fingerprint density at radius 2 is 2.14 bits per heavy atom. The fourth-order valence-corrected chi connectivity index (χ4v) is 2.48. The number of thiophene rings is 1. The predicted octanol–water partition coefficient (Wildman–Crippen LogP) is 3.83. The molecular formula is C9H6F2OS2. The van der Waals surface area contributed by atoms with Crippen LogP contribution in [-0.4, -0.2) is 5.11 Å². The van der Waals surface area contributed by atoms with E-state index in [4.69, 9.17) is 0 Å². The third kappa shape index (κ3) is 1.36. The van der Waals surface area contributed by atoms with Gasteiger partial charge in [-0.15, -0.1) is 24.0 Å². The van der Waals surface area contributed by atoms with Gasteiger partial charge in [-0.2, -0.15) is 0 Å². The van der Waals surface area contributed by atoms with Crippen molar-refractivity contribution in [3.8, 4) is 5.75 Å². The Balaban J connectivity index is 2.84. The molecule has 0 aliphatic rings. The van der Waals surface area contributed by atoms with E-state index in [0.717, 1.165) is 0 Å². The summed E-state index contributed by atoms with van der Waals surface area (Å²) in [5.41, 5.74) is -0.0715. The highest BCUT2D eigenvalue weighted by Crippen LogP contribution is 2.40. The van der Waals surface area contributed by atoms with Crippen molar-refractivity contribution >= 4 is 34.1 Å². The van der Waals surface area contributed by atoms with E-state index in [1.807, 2.05) is 0 Å². The van der Waals surface area contributed by atoms with Gasteiger partial charge < -0.3 is 5.11 Å². The number of phenolic OH excluding ortho intramolecular Hbond substituents is 1. The summed E-state index contributed by atoms with van der Waals surface area (Å²) in [6.45, 7) is 0. The van der Waals surface area contributed by atoms with Gasteiger partial charge in [0, 0.05) is 20.5 Å². The van der Waals surface area contributed by atoms with Crippen LogP contribution in [0.3, 0.4) is 0 Å². The second-order valence-electron chi connectivity index (χ2n) is 2.80. The fourth-order valence-electron chi connectivity index (χ4n) is 1.30. The average Bonchev–Trinajstić information content (AvgIpc) is 2.59. The molecule has 2 aromatic rings. The van der Waals surface area contributed by atoms with Crippen LogP contribution in [0.15, 0.2) is 22.4 Å². The molecule has 0 aliphatic heterocycles. The number of aromatic hydroxyl groups is 1. The smallest absolute Gasteiger partial charge is 0.265 e. The molecule has 5 heteroatoms. The zero-order chi connectivity index (χ0) is 10.3. The second-order valence-corrected chi connectivity index (χ2v) is 4.20. The maximum Gasteiger partial charge on any atom is 0.265 e. The lowest BCUT2D eigenvalue weighted by Crippen LogP contribution is -1.85. The molecule has 0 unspecified atom stereocenters. The molecule has 0 spiro atoms. The van der Waals surface area contributed by atoms with Crippen LogP contribution in [0.2, 0.25) is 0 Å². The van der Waals surface area contributed by atoms with E-state index in [1.54, 1.807) is 11.4 Å². The maximum absolute atomic E-state index is 12.6. The van der Waals surface area contributed by atoms with Crippen LogP contribution in [0.1, 0.15) is 12.0 Å². The van der Waals surface area contributed by atoms with Crippen LogP contribution >= 0.6 is 24.0 Å². The molecule has 1 N–H and O–H groups in total. The Morgan fingerprint density at radius 3 is 2.79 bits per heavy atom. The van der Waals surface area contributed by atoms with Gasteiger partial charge in [-0.3, -0.25) is 0 Å². The summed E-state index contributed by atoms with van der Waals surface area (Å²) in [4.78, 5) is 0.186. The first-order valence-corrected chi connectivity index (χ1v) is 5.14. The van der Waals surface area contributed by atoms with Crippen molar-refractivity contribution in [2.75, 3.05) is 0 Å². The van der Waals surface area contributed by atoms with E-state index in [-0.39, 0.29) is 16.2 Å². The Morgan fingerprint density at radius 1 is 1.43 bits per heavy atom. The Kier molecular flexibility index (Phi) is 2.36. The Labute approximate surface area is 88.4 Å². The largest absolute Gasteiger partial charge is 0.506 e. The molecule has 0 bridgehead atoms. The molecule has 14 heavy (non-hydrogen) atoms. The second kappa shape index (κ2) is 3.40. The number of rotatable bonds is 1. The van der Waals surface area contributed by atoms with Gasteiger partial charge in [0.25, 0.3) is 6.43 Å². The van der Waals surface area contributed by atoms with Gasteiger partial charge in [0.05, 0.1) is 0 Å². The molecule has 1 nitrogen and oxygen atoms in total. The maximum atomic E-state index is 12.6. The molecule has 0 saturated carbocycles. The number of alkyl halides is 2. The van der Waals surface area contributed by atoms with E-state index >= 15 is 0 Å². The van der Waals surface area contributed by atoms with E-state index < -0.39 is 6.43 Å². The molecule has 0 aliphatic carbocycles. The van der Waals surface area contributed by atoms with Gasteiger partial charge in [0.2, 0.25) is 0 Å². The lowest BCUT2D eigenvalue weighted by atomic mass is 10.1. The number of hydrogen-bond acceptors (Lipinski definition) is 3. The first-order valence-electron chi connectivity index (χ1n) is 3.81. The van der Waals surface area contributed by atoms with Gasteiger partial charge >= 0.3 is 0 Å². The zero-order valence-corrected chi connectivity index (χ0v) is 8.58. The SMILES string of the molecule is Oc1c(S)cc(C(F)F)c2sccc12. The van der Waals surface area contributed by atoms with E-state index in [0.29, 0.717) is 10.1 Å². The topological polar surface area (TPSA) is 20.2 Å². The number of fused-ring (bicyclic) bond motifs is 1. The number of halogens is 2. The summed E-state index contributed by atoms with van der Waals surface area (Å²) < 4.78 is 25.6. The molecule has 74 valence electrons. The molecule has 1 heterocycles. The highest BCUT2D eigenvalue weighted by molar-refractivity contribution is 7.80. The van der Waals surface area contributed by atoms with Crippen LogP contribution in [0, 0.1) is 0 Å². The van der Waals surface area contributed by atoms with Crippen LogP contribution in [0.5, 0.6) is 5.75 Å². The predicted molar refractivity (Wildman–Crippen MR) is 55.7 cm³/mol. The highest BCUT2D eigenvalue weighted by atomic mass is 32.1. The average molecular weight is 232 g/mol. The third-order valence-corrected chi connectivity index (χ3v) is 3.26. The van der Waals surface area contributed by atoms with Crippen LogP contribution in [0.4, 0.5) is 8.78 Å². The zero-order valence-electron chi connectivity index (χ0n) is 6.87. The molecular weight excluding hydrogens is 226 g/mol. The summed E-state index contributed by atoms with van der Waals surface area (Å²) in [7, 11) is 0. The lowest BCUT2D eigenvalue weighted by Gasteiger charge is -2.05. The Bertz CT molecular complexity index is 479. The molecule has 0 atom stereocenters. The molecule has 2 rings (SSSR count). The number of hydrogen-bond donors (Lipinski definition) is 2.